The second-order valence-corrected chi connectivity index (χ2v) is 7.33. The van der Waals surface area contributed by atoms with Crippen molar-refractivity contribution in [2.75, 3.05) is 25.6 Å². The number of benzene rings is 1. The topological polar surface area (TPSA) is 120 Å². The molecule has 9 nitrogen and oxygen atoms in total. The van der Waals surface area contributed by atoms with E-state index in [2.05, 4.69) is 17.6 Å². The largest absolute Gasteiger partial charge is 0.449 e. The van der Waals surface area contributed by atoms with Crippen molar-refractivity contribution in [3.8, 4) is 0 Å². The normalized spacial score (nSPS) is 19.8. The zero-order chi connectivity index (χ0) is 21.4. The van der Waals surface area contributed by atoms with Crippen molar-refractivity contribution >= 4 is 23.3 Å². The van der Waals surface area contributed by atoms with Crippen molar-refractivity contribution in [2.24, 2.45) is 5.92 Å². The maximum Gasteiger partial charge on any atom is 0.341 e. The van der Waals surface area contributed by atoms with Crippen LogP contribution >= 0.6 is 0 Å². The van der Waals surface area contributed by atoms with Gasteiger partial charge in [0.15, 0.2) is 6.10 Å². The van der Waals surface area contributed by atoms with Gasteiger partial charge >= 0.3 is 5.97 Å². The molecule has 9 heteroatoms. The van der Waals surface area contributed by atoms with Crippen LogP contribution in [0.25, 0.3) is 0 Å². The lowest BCUT2D eigenvalue weighted by molar-refractivity contribution is -0.384. The molecule has 0 heterocycles. The van der Waals surface area contributed by atoms with Gasteiger partial charge in [-0.15, -0.1) is 0 Å². The number of anilines is 1. The molecule has 29 heavy (non-hydrogen) atoms. The van der Waals surface area contributed by atoms with Crippen LogP contribution in [0.2, 0.25) is 0 Å². The summed E-state index contributed by atoms with van der Waals surface area (Å²) in [4.78, 5) is 35.6. The van der Waals surface area contributed by atoms with Crippen LogP contribution in [0, 0.1) is 16.0 Å². The fraction of sp³-hybridized carbons (Fsp3) is 0.600. The SMILES string of the molecule is COCCNc1ccc([N+](=O)[O-])cc1C(=O)O[C@H](C)C(=O)N[C@@H]1CCCC[C@H]1C. The van der Waals surface area contributed by atoms with Gasteiger partial charge in [-0.3, -0.25) is 14.9 Å². The van der Waals surface area contributed by atoms with Gasteiger partial charge in [0.25, 0.3) is 11.6 Å². The monoisotopic (exact) mass is 407 g/mol. The zero-order valence-electron chi connectivity index (χ0n) is 17.1. The van der Waals surface area contributed by atoms with Crippen LogP contribution in [0.3, 0.4) is 0 Å². The molecule has 1 amide bonds. The highest BCUT2D eigenvalue weighted by Crippen LogP contribution is 2.25. The van der Waals surface area contributed by atoms with E-state index in [9.17, 15) is 19.7 Å². The molecule has 1 saturated carbocycles. The minimum atomic E-state index is -1.01. The number of rotatable bonds is 9. The number of carbonyl (C=O) groups is 2. The summed E-state index contributed by atoms with van der Waals surface area (Å²) in [5.74, 6) is -0.784. The lowest BCUT2D eigenvalue weighted by Gasteiger charge is -2.30. The van der Waals surface area contributed by atoms with Crippen LogP contribution in [0.5, 0.6) is 0 Å². The van der Waals surface area contributed by atoms with E-state index < -0.39 is 17.0 Å². The van der Waals surface area contributed by atoms with E-state index >= 15 is 0 Å². The zero-order valence-corrected chi connectivity index (χ0v) is 17.1. The fourth-order valence-corrected chi connectivity index (χ4v) is 3.36. The molecular formula is C20H29N3O6. The molecule has 0 aliphatic heterocycles. The molecule has 0 saturated heterocycles. The summed E-state index contributed by atoms with van der Waals surface area (Å²) < 4.78 is 10.3. The summed E-state index contributed by atoms with van der Waals surface area (Å²) in [6, 6.07) is 3.96. The van der Waals surface area contributed by atoms with E-state index in [1.807, 2.05) is 0 Å². The van der Waals surface area contributed by atoms with E-state index in [-0.39, 0.29) is 23.2 Å². The van der Waals surface area contributed by atoms with Crippen LogP contribution in [-0.4, -0.2) is 49.2 Å². The molecular weight excluding hydrogens is 378 g/mol. The van der Waals surface area contributed by atoms with Gasteiger partial charge < -0.3 is 20.1 Å². The summed E-state index contributed by atoms with van der Waals surface area (Å²) in [5, 5.41) is 17.0. The average Bonchev–Trinajstić information content (AvgIpc) is 2.69. The molecule has 160 valence electrons. The van der Waals surface area contributed by atoms with Crippen molar-refractivity contribution in [1.82, 2.24) is 5.32 Å². The fourth-order valence-electron chi connectivity index (χ4n) is 3.36. The Morgan fingerprint density at radius 1 is 1.31 bits per heavy atom. The Morgan fingerprint density at radius 3 is 2.69 bits per heavy atom. The number of carbonyl (C=O) groups excluding carboxylic acids is 2. The van der Waals surface area contributed by atoms with Crippen molar-refractivity contribution in [2.45, 2.75) is 51.7 Å². The predicted octanol–water partition coefficient (Wildman–Crippen LogP) is 2.89. The number of amides is 1. The third kappa shape index (κ3) is 6.42. The Morgan fingerprint density at radius 2 is 2.03 bits per heavy atom. The first kappa shape index (κ1) is 22.6. The number of non-ortho nitro benzene ring substituents is 1. The van der Waals surface area contributed by atoms with Crippen LogP contribution < -0.4 is 10.6 Å². The van der Waals surface area contributed by atoms with Gasteiger partial charge in [0.1, 0.15) is 0 Å². The summed E-state index contributed by atoms with van der Waals surface area (Å²) in [7, 11) is 1.54. The molecule has 0 spiro atoms. The Kier molecular flexibility index (Phi) is 8.38. The van der Waals surface area contributed by atoms with Gasteiger partial charge in [0.05, 0.1) is 17.1 Å². The summed E-state index contributed by atoms with van der Waals surface area (Å²) in [5.41, 5.74) is 0.148. The predicted molar refractivity (Wildman–Crippen MR) is 108 cm³/mol. The smallest absolute Gasteiger partial charge is 0.341 e. The van der Waals surface area contributed by atoms with Crippen LogP contribution in [0.1, 0.15) is 49.9 Å². The quantitative estimate of drug-likeness (QED) is 0.279. The summed E-state index contributed by atoms with van der Waals surface area (Å²) in [6.45, 7) is 4.39. The third-order valence-electron chi connectivity index (χ3n) is 5.15. The molecule has 1 fully saturated rings. The molecule has 1 aliphatic rings. The molecule has 0 radical (unpaired) electrons. The number of nitrogens with zero attached hydrogens (tertiary/aromatic N) is 1. The first-order chi connectivity index (χ1) is 13.8. The molecule has 0 aromatic heterocycles. The highest BCUT2D eigenvalue weighted by Gasteiger charge is 2.27. The van der Waals surface area contributed by atoms with Gasteiger partial charge in [0.2, 0.25) is 0 Å². The number of hydrogen-bond acceptors (Lipinski definition) is 7. The van der Waals surface area contributed by atoms with Gasteiger partial charge in [-0.2, -0.15) is 0 Å². The Bertz CT molecular complexity index is 739. The van der Waals surface area contributed by atoms with Crippen LogP contribution in [0.15, 0.2) is 18.2 Å². The second-order valence-electron chi connectivity index (χ2n) is 7.33. The molecule has 1 aromatic carbocycles. The third-order valence-corrected chi connectivity index (χ3v) is 5.15. The van der Waals surface area contributed by atoms with E-state index in [4.69, 9.17) is 9.47 Å². The molecule has 1 aliphatic carbocycles. The Balaban J connectivity index is 2.07. The Hall–Kier alpha value is -2.68. The first-order valence-corrected chi connectivity index (χ1v) is 9.86. The lowest BCUT2D eigenvalue weighted by atomic mass is 9.86. The number of hydrogen-bond donors (Lipinski definition) is 2. The lowest BCUT2D eigenvalue weighted by Crippen LogP contribution is -2.46. The number of nitrogens with one attached hydrogen (secondary N) is 2. The highest BCUT2D eigenvalue weighted by molar-refractivity contribution is 5.98. The van der Waals surface area contributed by atoms with Gasteiger partial charge in [-0.05, 0) is 31.7 Å². The van der Waals surface area contributed by atoms with Crippen molar-refractivity contribution in [1.29, 1.82) is 0 Å². The maximum absolute atomic E-state index is 12.6. The van der Waals surface area contributed by atoms with E-state index in [0.29, 0.717) is 24.8 Å². The number of nitro benzene ring substituents is 1. The summed E-state index contributed by atoms with van der Waals surface area (Å²) >= 11 is 0. The number of esters is 1. The van der Waals surface area contributed by atoms with E-state index in [1.54, 1.807) is 7.11 Å². The van der Waals surface area contributed by atoms with Gasteiger partial charge in [0, 0.05) is 37.5 Å². The van der Waals surface area contributed by atoms with Crippen molar-refractivity contribution < 1.29 is 24.0 Å². The number of nitro groups is 1. The average molecular weight is 407 g/mol. The van der Waals surface area contributed by atoms with E-state index in [1.165, 1.54) is 19.1 Å². The van der Waals surface area contributed by atoms with Gasteiger partial charge in [-0.1, -0.05) is 19.8 Å². The molecule has 2 rings (SSSR count). The standard InChI is InChI=1S/C20H29N3O6/c1-13-6-4-5-7-17(13)22-19(24)14(2)29-20(25)16-12-15(23(26)27)8-9-18(16)21-10-11-28-3/h8-9,12-14,17,21H,4-7,10-11H2,1-3H3,(H,22,24)/t13-,14-,17-/m1/s1. The summed E-state index contributed by atoms with van der Waals surface area (Å²) in [6.07, 6.45) is 3.18. The second kappa shape index (κ2) is 10.8. The maximum atomic E-state index is 12.6. The molecule has 1 aromatic rings. The molecule has 0 bridgehead atoms. The molecule has 0 unspecified atom stereocenters. The minimum absolute atomic E-state index is 0.000914. The van der Waals surface area contributed by atoms with Crippen LogP contribution in [-0.2, 0) is 14.3 Å². The molecule has 3 atom stereocenters. The van der Waals surface area contributed by atoms with E-state index in [0.717, 1.165) is 31.7 Å². The number of ether oxygens (including phenoxy) is 2. The molecule has 2 N–H and O–H groups in total. The first-order valence-electron chi connectivity index (χ1n) is 9.86. The van der Waals surface area contributed by atoms with Gasteiger partial charge in [-0.25, -0.2) is 4.79 Å². The minimum Gasteiger partial charge on any atom is -0.449 e. The highest BCUT2D eigenvalue weighted by atomic mass is 16.6. The van der Waals surface area contributed by atoms with Crippen molar-refractivity contribution in [3.63, 3.8) is 0 Å². The number of methoxy groups -OCH3 is 1. The van der Waals surface area contributed by atoms with Crippen molar-refractivity contribution in [3.05, 3.63) is 33.9 Å². The Labute approximate surface area is 170 Å². The van der Waals surface area contributed by atoms with Crippen LogP contribution in [0.4, 0.5) is 11.4 Å².